The van der Waals surface area contributed by atoms with E-state index in [1.165, 1.54) is 27.8 Å². The summed E-state index contributed by atoms with van der Waals surface area (Å²) in [6, 6.07) is 23.0. The normalized spacial score (nSPS) is 12.9. The highest BCUT2D eigenvalue weighted by Gasteiger charge is 2.31. The van der Waals surface area contributed by atoms with Gasteiger partial charge in [-0.05, 0) is 73.0 Å². The number of pyridine rings is 1. The summed E-state index contributed by atoms with van der Waals surface area (Å²) in [4.78, 5) is 24.8. The number of sulfonamides is 1. The minimum absolute atomic E-state index is 0.136. The van der Waals surface area contributed by atoms with Gasteiger partial charge in [0.05, 0.1) is 34.6 Å². The predicted molar refractivity (Wildman–Crippen MR) is 157 cm³/mol. The van der Waals surface area contributed by atoms with Crippen LogP contribution in [-0.2, 0) is 23.0 Å². The number of anilines is 2. The van der Waals surface area contributed by atoms with Gasteiger partial charge in [-0.15, -0.1) is 0 Å². The van der Waals surface area contributed by atoms with Gasteiger partial charge in [0, 0.05) is 18.3 Å². The average Bonchev–Trinajstić information content (AvgIpc) is 3.63. The Morgan fingerprint density at radius 1 is 1.02 bits per heavy atom. The molecule has 3 heterocycles. The van der Waals surface area contributed by atoms with E-state index < -0.39 is 10.0 Å². The molecule has 5 aromatic rings. The van der Waals surface area contributed by atoms with Gasteiger partial charge in [0.2, 0.25) is 0 Å². The van der Waals surface area contributed by atoms with Crippen LogP contribution in [0.5, 0.6) is 5.75 Å². The van der Waals surface area contributed by atoms with Crippen LogP contribution in [0, 0.1) is 6.92 Å². The molecular formula is C30H26N4O4S2. The molecule has 2 aromatic heterocycles. The van der Waals surface area contributed by atoms with Crippen molar-refractivity contribution in [1.82, 2.24) is 9.97 Å². The summed E-state index contributed by atoms with van der Waals surface area (Å²) < 4.78 is 34.8. The fourth-order valence-electron chi connectivity index (χ4n) is 4.87. The summed E-state index contributed by atoms with van der Waals surface area (Å²) in [6.45, 7) is 2.58. The Balaban J connectivity index is 1.35. The lowest BCUT2D eigenvalue weighted by Crippen LogP contribution is -2.31. The molecule has 1 amide bonds. The maximum atomic E-state index is 13.9. The van der Waals surface area contributed by atoms with Gasteiger partial charge in [-0.3, -0.25) is 19.0 Å². The second kappa shape index (κ2) is 10.4. The standard InChI is InChI=1S/C30H26N4O4S2/c1-20-10-15-26(38-2)27-28(20)39-30(32-27)33(19-23-8-5-6-17-31-23)29(35)22-11-13-24(14-12-22)40(36,37)34-18-16-21-7-3-4-9-25(21)34/h3-15,17H,16,18-19H2,1-2H3. The lowest BCUT2D eigenvalue weighted by molar-refractivity contribution is 0.0984. The predicted octanol–water partition coefficient (Wildman–Crippen LogP) is 5.61. The first-order chi connectivity index (χ1) is 19.4. The Morgan fingerprint density at radius 3 is 2.55 bits per heavy atom. The Hall–Kier alpha value is -4.28. The fourth-order valence-corrected chi connectivity index (χ4v) is 7.42. The molecule has 0 saturated heterocycles. The van der Waals surface area contributed by atoms with Crippen molar-refractivity contribution in [3.05, 3.63) is 107 Å². The van der Waals surface area contributed by atoms with E-state index in [4.69, 9.17) is 9.72 Å². The van der Waals surface area contributed by atoms with Crippen LogP contribution in [0.2, 0.25) is 0 Å². The Kier molecular flexibility index (Phi) is 6.73. The van der Waals surface area contributed by atoms with Gasteiger partial charge in [-0.1, -0.05) is 41.7 Å². The third kappa shape index (κ3) is 4.59. The number of methoxy groups -OCH3 is 1. The molecule has 0 unspecified atom stereocenters. The molecular weight excluding hydrogens is 544 g/mol. The van der Waals surface area contributed by atoms with Gasteiger partial charge in [0.25, 0.3) is 15.9 Å². The zero-order valence-corrected chi connectivity index (χ0v) is 23.6. The summed E-state index contributed by atoms with van der Waals surface area (Å²) >= 11 is 1.41. The zero-order valence-electron chi connectivity index (χ0n) is 21.9. The second-order valence-electron chi connectivity index (χ2n) is 9.45. The second-order valence-corrected chi connectivity index (χ2v) is 12.3. The Bertz CT molecular complexity index is 1820. The highest BCUT2D eigenvalue weighted by molar-refractivity contribution is 7.92. The molecule has 10 heteroatoms. The van der Waals surface area contributed by atoms with Gasteiger partial charge in [-0.2, -0.15) is 0 Å². The van der Waals surface area contributed by atoms with Gasteiger partial charge in [0.15, 0.2) is 5.13 Å². The highest BCUT2D eigenvalue weighted by Crippen LogP contribution is 2.38. The maximum Gasteiger partial charge on any atom is 0.264 e. The van der Waals surface area contributed by atoms with E-state index in [2.05, 4.69) is 4.98 Å². The largest absolute Gasteiger partial charge is 0.494 e. The number of hydrogen-bond acceptors (Lipinski definition) is 7. The van der Waals surface area contributed by atoms with E-state index in [0.717, 1.165) is 15.8 Å². The van der Waals surface area contributed by atoms with Crippen LogP contribution in [0.25, 0.3) is 10.2 Å². The molecule has 0 spiro atoms. The first kappa shape index (κ1) is 26.0. The minimum Gasteiger partial charge on any atom is -0.494 e. The first-order valence-electron chi connectivity index (χ1n) is 12.7. The topological polar surface area (TPSA) is 92.7 Å². The summed E-state index contributed by atoms with van der Waals surface area (Å²) in [5.74, 6) is 0.322. The van der Waals surface area contributed by atoms with Gasteiger partial charge < -0.3 is 4.74 Å². The van der Waals surface area contributed by atoms with Crippen LogP contribution < -0.4 is 13.9 Å². The zero-order chi connectivity index (χ0) is 27.9. The smallest absolute Gasteiger partial charge is 0.264 e. The fraction of sp³-hybridized carbons (Fsp3) is 0.167. The van der Waals surface area contributed by atoms with Crippen LogP contribution in [0.3, 0.4) is 0 Å². The van der Waals surface area contributed by atoms with Crippen molar-refractivity contribution in [2.45, 2.75) is 24.8 Å². The number of ether oxygens (including phenoxy) is 1. The van der Waals surface area contributed by atoms with Crippen molar-refractivity contribution in [2.24, 2.45) is 0 Å². The van der Waals surface area contributed by atoms with Crippen molar-refractivity contribution >= 4 is 48.3 Å². The number of thiazole rings is 1. The molecule has 0 radical (unpaired) electrons. The lowest BCUT2D eigenvalue weighted by atomic mass is 10.2. The molecule has 0 saturated carbocycles. The van der Waals surface area contributed by atoms with E-state index in [9.17, 15) is 13.2 Å². The summed E-state index contributed by atoms with van der Waals surface area (Å²) in [5.41, 5.74) is 4.47. The highest BCUT2D eigenvalue weighted by atomic mass is 32.2. The molecule has 1 aliphatic rings. The number of para-hydroxylation sites is 1. The third-order valence-electron chi connectivity index (χ3n) is 6.97. The van der Waals surface area contributed by atoms with E-state index in [1.807, 2.05) is 61.5 Å². The molecule has 0 fully saturated rings. The Labute approximate surface area is 236 Å². The molecule has 202 valence electrons. The first-order valence-corrected chi connectivity index (χ1v) is 15.0. The average molecular weight is 571 g/mol. The third-order valence-corrected chi connectivity index (χ3v) is 10.0. The molecule has 3 aromatic carbocycles. The minimum atomic E-state index is -3.77. The SMILES string of the molecule is COc1ccc(C)c2sc(N(Cc3ccccn3)C(=O)c3ccc(S(=O)(=O)N4CCc5ccccc54)cc3)nc12. The van der Waals surface area contributed by atoms with Gasteiger partial charge in [0.1, 0.15) is 11.3 Å². The molecule has 1 aliphatic heterocycles. The van der Waals surface area contributed by atoms with E-state index in [-0.39, 0.29) is 17.3 Å². The number of hydrogen-bond donors (Lipinski definition) is 0. The number of rotatable bonds is 7. The van der Waals surface area contributed by atoms with Gasteiger partial charge in [-0.25, -0.2) is 13.4 Å². The number of aryl methyl sites for hydroxylation is 1. The van der Waals surface area contributed by atoms with Crippen molar-refractivity contribution in [3.8, 4) is 5.75 Å². The molecule has 0 bridgehead atoms. The number of nitrogens with zero attached hydrogens (tertiary/aromatic N) is 4. The molecule has 0 atom stereocenters. The summed E-state index contributed by atoms with van der Waals surface area (Å²) in [5, 5.41) is 0.503. The van der Waals surface area contributed by atoms with Crippen LogP contribution in [0.4, 0.5) is 10.8 Å². The van der Waals surface area contributed by atoms with Crippen molar-refractivity contribution in [3.63, 3.8) is 0 Å². The summed E-state index contributed by atoms with van der Waals surface area (Å²) in [7, 11) is -2.18. The van der Waals surface area contributed by atoms with Crippen LogP contribution in [0.1, 0.15) is 27.2 Å². The molecule has 0 aliphatic carbocycles. The molecule has 40 heavy (non-hydrogen) atoms. The molecule has 6 rings (SSSR count). The van der Waals surface area contributed by atoms with E-state index in [0.29, 0.717) is 46.3 Å². The monoisotopic (exact) mass is 570 g/mol. The number of amides is 1. The number of carbonyl (C=O) groups is 1. The maximum absolute atomic E-state index is 13.9. The molecule has 0 N–H and O–H groups in total. The quantitative estimate of drug-likeness (QED) is 0.253. The van der Waals surface area contributed by atoms with Crippen molar-refractivity contribution < 1.29 is 17.9 Å². The lowest BCUT2D eigenvalue weighted by Gasteiger charge is -2.21. The number of carbonyl (C=O) groups excluding carboxylic acids is 1. The molecule has 8 nitrogen and oxygen atoms in total. The van der Waals surface area contributed by atoms with E-state index >= 15 is 0 Å². The van der Waals surface area contributed by atoms with Crippen LogP contribution in [-0.4, -0.2) is 37.9 Å². The van der Waals surface area contributed by atoms with Crippen LogP contribution in [0.15, 0.2) is 90.0 Å². The van der Waals surface area contributed by atoms with Crippen molar-refractivity contribution in [1.29, 1.82) is 0 Å². The van der Waals surface area contributed by atoms with Crippen LogP contribution >= 0.6 is 11.3 Å². The number of benzene rings is 3. The van der Waals surface area contributed by atoms with Crippen molar-refractivity contribution in [2.75, 3.05) is 22.9 Å². The van der Waals surface area contributed by atoms with E-state index in [1.54, 1.807) is 30.3 Å². The number of aromatic nitrogens is 2. The Morgan fingerprint density at radius 2 is 1.80 bits per heavy atom. The number of fused-ring (bicyclic) bond motifs is 2. The van der Waals surface area contributed by atoms with Gasteiger partial charge >= 0.3 is 0 Å². The summed E-state index contributed by atoms with van der Waals surface area (Å²) in [6.07, 6.45) is 2.35.